The van der Waals surface area contributed by atoms with Crippen LogP contribution in [0.25, 0.3) is 0 Å². The summed E-state index contributed by atoms with van der Waals surface area (Å²) in [6.45, 7) is 4.83. The molecule has 166 valence electrons. The van der Waals surface area contributed by atoms with E-state index >= 15 is 0 Å². The standard InChI is InChI=1S/C23H28Cl2N4O2/c24-17-4-3-5-19(22(17)25)29-14-12-28(13-15-29)11-2-1-6-20(30)18-9-7-16-8-10-21(31)27-23(16)26-18/h3-5,7,9,20,30H,1-2,6,8,10-15H2,(H,26,27,31). The second-order valence-electron chi connectivity index (χ2n) is 8.21. The van der Waals surface area contributed by atoms with Gasteiger partial charge in [0.1, 0.15) is 5.82 Å². The number of halogens is 2. The number of aliphatic hydroxyl groups excluding tert-OH is 1. The number of nitrogens with zero attached hydrogens (tertiary/aromatic N) is 3. The van der Waals surface area contributed by atoms with Crippen molar-refractivity contribution in [2.24, 2.45) is 0 Å². The van der Waals surface area contributed by atoms with E-state index in [1.54, 1.807) is 0 Å². The number of aromatic nitrogens is 1. The van der Waals surface area contributed by atoms with Crippen molar-refractivity contribution in [2.45, 2.75) is 38.2 Å². The molecule has 1 aromatic heterocycles. The fraction of sp³-hybridized carbons (Fsp3) is 0.478. The molecule has 0 saturated carbocycles. The normalized spacial score (nSPS) is 17.9. The largest absolute Gasteiger partial charge is 0.387 e. The van der Waals surface area contributed by atoms with E-state index in [9.17, 15) is 9.90 Å². The van der Waals surface area contributed by atoms with Gasteiger partial charge in [0.2, 0.25) is 5.91 Å². The van der Waals surface area contributed by atoms with E-state index in [4.69, 9.17) is 23.2 Å². The Hall–Kier alpha value is -1.86. The third kappa shape index (κ3) is 5.50. The van der Waals surface area contributed by atoms with Crippen LogP contribution in [0.15, 0.2) is 30.3 Å². The summed E-state index contributed by atoms with van der Waals surface area (Å²) in [5, 5.41) is 14.5. The molecule has 1 unspecified atom stereocenters. The van der Waals surface area contributed by atoms with Gasteiger partial charge in [-0.25, -0.2) is 4.98 Å². The topological polar surface area (TPSA) is 68.7 Å². The van der Waals surface area contributed by atoms with E-state index in [0.29, 0.717) is 40.8 Å². The van der Waals surface area contributed by atoms with Gasteiger partial charge in [-0.15, -0.1) is 0 Å². The maximum absolute atomic E-state index is 11.6. The molecular weight excluding hydrogens is 435 g/mol. The van der Waals surface area contributed by atoms with Gasteiger partial charge in [0, 0.05) is 32.6 Å². The van der Waals surface area contributed by atoms with E-state index in [0.717, 1.165) is 56.8 Å². The van der Waals surface area contributed by atoms with Gasteiger partial charge >= 0.3 is 0 Å². The Labute approximate surface area is 193 Å². The smallest absolute Gasteiger partial charge is 0.225 e. The van der Waals surface area contributed by atoms with Crippen molar-refractivity contribution in [1.29, 1.82) is 0 Å². The number of rotatable bonds is 7. The van der Waals surface area contributed by atoms with Gasteiger partial charge in [-0.1, -0.05) is 35.3 Å². The Morgan fingerprint density at radius 3 is 2.68 bits per heavy atom. The fourth-order valence-corrected chi connectivity index (χ4v) is 4.63. The number of carbonyl (C=O) groups excluding carboxylic acids is 1. The molecule has 2 aliphatic rings. The van der Waals surface area contributed by atoms with Crippen LogP contribution in [0.2, 0.25) is 10.0 Å². The van der Waals surface area contributed by atoms with E-state index in [1.165, 1.54) is 0 Å². The summed E-state index contributed by atoms with van der Waals surface area (Å²) in [5.41, 5.74) is 2.67. The minimum Gasteiger partial charge on any atom is -0.387 e. The zero-order chi connectivity index (χ0) is 21.8. The van der Waals surface area contributed by atoms with Crippen molar-refractivity contribution in [1.82, 2.24) is 9.88 Å². The van der Waals surface area contributed by atoms with Gasteiger partial charge in [0.15, 0.2) is 0 Å². The number of unbranched alkanes of at least 4 members (excludes halogenated alkanes) is 1. The molecule has 0 spiro atoms. The number of fused-ring (bicyclic) bond motifs is 1. The number of aryl methyl sites for hydroxylation is 1. The molecule has 1 fully saturated rings. The monoisotopic (exact) mass is 462 g/mol. The van der Waals surface area contributed by atoms with E-state index in [-0.39, 0.29) is 5.91 Å². The molecule has 1 amide bonds. The molecular formula is C23H28Cl2N4O2. The molecule has 0 aliphatic carbocycles. The number of aliphatic hydroxyl groups is 1. The quantitative estimate of drug-likeness (QED) is 0.600. The summed E-state index contributed by atoms with van der Waals surface area (Å²) in [6.07, 6.45) is 3.21. The summed E-state index contributed by atoms with van der Waals surface area (Å²) in [5.74, 6) is 0.592. The molecule has 0 bridgehead atoms. The summed E-state index contributed by atoms with van der Waals surface area (Å²) < 4.78 is 0. The molecule has 1 atom stereocenters. The Kier molecular flexibility index (Phi) is 7.33. The number of hydrogen-bond acceptors (Lipinski definition) is 5. The maximum Gasteiger partial charge on any atom is 0.225 e. The first-order valence-electron chi connectivity index (χ1n) is 10.9. The van der Waals surface area contributed by atoms with Crippen molar-refractivity contribution < 1.29 is 9.90 Å². The summed E-state index contributed by atoms with van der Waals surface area (Å²) in [4.78, 5) is 20.8. The van der Waals surface area contributed by atoms with Crippen LogP contribution in [0.4, 0.5) is 11.5 Å². The average Bonchev–Trinajstić information content (AvgIpc) is 2.78. The summed E-state index contributed by atoms with van der Waals surface area (Å²) in [6, 6.07) is 9.61. The van der Waals surface area contributed by atoms with Gasteiger partial charge in [-0.05, 0) is 56.0 Å². The van der Waals surface area contributed by atoms with Gasteiger partial charge in [0.25, 0.3) is 0 Å². The zero-order valence-corrected chi connectivity index (χ0v) is 19.0. The van der Waals surface area contributed by atoms with Crippen molar-refractivity contribution in [2.75, 3.05) is 42.9 Å². The molecule has 8 heteroatoms. The van der Waals surface area contributed by atoms with Crippen LogP contribution in [0.3, 0.4) is 0 Å². The minimum atomic E-state index is -0.606. The number of amides is 1. The van der Waals surface area contributed by atoms with E-state index in [1.807, 2.05) is 30.3 Å². The Balaban J connectivity index is 1.19. The van der Waals surface area contributed by atoms with Gasteiger partial charge in [-0.3, -0.25) is 9.69 Å². The molecule has 2 aliphatic heterocycles. The average molecular weight is 463 g/mol. The third-order valence-corrected chi connectivity index (χ3v) is 6.88. The molecule has 2 aromatic rings. The van der Waals surface area contributed by atoms with Gasteiger partial charge < -0.3 is 15.3 Å². The highest BCUT2D eigenvalue weighted by molar-refractivity contribution is 6.43. The predicted molar refractivity (Wildman–Crippen MR) is 125 cm³/mol. The maximum atomic E-state index is 11.6. The highest BCUT2D eigenvalue weighted by atomic mass is 35.5. The number of hydrogen-bond donors (Lipinski definition) is 2. The lowest BCUT2D eigenvalue weighted by atomic mass is 10.0. The molecule has 2 N–H and O–H groups in total. The van der Waals surface area contributed by atoms with E-state index < -0.39 is 6.10 Å². The van der Waals surface area contributed by atoms with Crippen LogP contribution in [0, 0.1) is 0 Å². The third-order valence-electron chi connectivity index (χ3n) is 6.07. The van der Waals surface area contributed by atoms with Crippen LogP contribution in [0.1, 0.15) is 43.0 Å². The lowest BCUT2D eigenvalue weighted by Gasteiger charge is -2.36. The second-order valence-corrected chi connectivity index (χ2v) is 8.99. The summed E-state index contributed by atoms with van der Waals surface area (Å²) >= 11 is 12.5. The number of nitrogens with one attached hydrogen (secondary N) is 1. The SMILES string of the molecule is O=C1CCc2ccc(C(O)CCCCN3CCN(c4cccc(Cl)c4Cl)CC3)nc2N1. The minimum absolute atomic E-state index is 0.00984. The molecule has 0 radical (unpaired) electrons. The first-order valence-corrected chi connectivity index (χ1v) is 11.7. The zero-order valence-electron chi connectivity index (χ0n) is 17.5. The first-order chi connectivity index (χ1) is 15.0. The number of pyridine rings is 1. The lowest BCUT2D eigenvalue weighted by molar-refractivity contribution is -0.116. The fourth-order valence-electron chi connectivity index (χ4n) is 4.21. The second kappa shape index (κ2) is 10.2. The first kappa shape index (κ1) is 22.3. The molecule has 4 rings (SSSR count). The number of benzene rings is 1. The Morgan fingerprint density at radius 2 is 1.87 bits per heavy atom. The predicted octanol–water partition coefficient (Wildman–Crippen LogP) is 4.30. The van der Waals surface area contributed by atoms with Crippen molar-refractivity contribution in [3.05, 3.63) is 51.6 Å². The molecule has 3 heterocycles. The Morgan fingerprint density at radius 1 is 1.06 bits per heavy atom. The van der Waals surface area contributed by atoms with E-state index in [2.05, 4.69) is 20.1 Å². The lowest BCUT2D eigenvalue weighted by Crippen LogP contribution is -2.46. The molecule has 1 aromatic carbocycles. The number of piperazine rings is 1. The van der Waals surface area contributed by atoms with Crippen molar-refractivity contribution >= 4 is 40.6 Å². The Bertz CT molecular complexity index is 932. The van der Waals surface area contributed by atoms with Crippen molar-refractivity contribution in [3.63, 3.8) is 0 Å². The summed E-state index contributed by atoms with van der Waals surface area (Å²) in [7, 11) is 0. The van der Waals surface area contributed by atoms with Crippen LogP contribution in [-0.2, 0) is 11.2 Å². The number of anilines is 2. The molecule has 6 nitrogen and oxygen atoms in total. The van der Waals surface area contributed by atoms with Crippen LogP contribution in [0.5, 0.6) is 0 Å². The van der Waals surface area contributed by atoms with Crippen molar-refractivity contribution in [3.8, 4) is 0 Å². The van der Waals surface area contributed by atoms with Crippen LogP contribution >= 0.6 is 23.2 Å². The van der Waals surface area contributed by atoms with Crippen LogP contribution < -0.4 is 10.2 Å². The van der Waals surface area contributed by atoms with Gasteiger partial charge in [-0.2, -0.15) is 0 Å². The molecule has 31 heavy (non-hydrogen) atoms. The molecule has 1 saturated heterocycles. The highest BCUT2D eigenvalue weighted by Crippen LogP contribution is 2.33. The van der Waals surface area contributed by atoms with Gasteiger partial charge in [0.05, 0.1) is 27.5 Å². The highest BCUT2D eigenvalue weighted by Gasteiger charge is 2.21. The number of carbonyl (C=O) groups is 1. The van der Waals surface area contributed by atoms with Crippen LogP contribution in [-0.4, -0.2) is 53.6 Å².